The van der Waals surface area contributed by atoms with Crippen molar-refractivity contribution in [3.8, 4) is 0 Å². The van der Waals surface area contributed by atoms with Gasteiger partial charge in [-0.3, -0.25) is 19.8 Å². The number of nitrogens with zero attached hydrogens (tertiary/aromatic N) is 2. The van der Waals surface area contributed by atoms with E-state index in [1.165, 1.54) is 12.1 Å². The predicted molar refractivity (Wildman–Crippen MR) is 68.7 cm³/mol. The molecule has 0 saturated carbocycles. The molecule has 0 bridgehead atoms. The molecule has 20 heavy (non-hydrogen) atoms. The number of aliphatic carboxylic acids is 1. The van der Waals surface area contributed by atoms with Crippen molar-refractivity contribution in [1.29, 1.82) is 0 Å². The third kappa shape index (κ3) is 2.93. The molecule has 1 N–H and O–H groups in total. The van der Waals surface area contributed by atoms with E-state index in [-0.39, 0.29) is 17.8 Å². The molecule has 0 aromatic heterocycles. The Bertz CT molecular complexity index is 535. The lowest BCUT2D eigenvalue weighted by Crippen LogP contribution is -2.44. The standard InChI is InChI=1S/C13H15FN2O4/c14-10-4-3-6-11(16(19)20)9(10)8-15-7-2-1-5-12(15)13(17)18/h3-4,6,12H,1-2,5,7-8H2,(H,17,18)/t12-/m0/s1. The molecular weight excluding hydrogens is 267 g/mol. The first-order chi connectivity index (χ1) is 9.50. The molecule has 0 amide bonds. The number of carbonyl (C=O) groups is 1. The minimum absolute atomic E-state index is 0.0503. The van der Waals surface area contributed by atoms with Crippen molar-refractivity contribution >= 4 is 11.7 Å². The van der Waals surface area contributed by atoms with E-state index in [2.05, 4.69) is 0 Å². The number of carboxylic acids is 1. The van der Waals surface area contributed by atoms with Crippen molar-refractivity contribution in [2.24, 2.45) is 0 Å². The third-order valence-electron chi connectivity index (χ3n) is 3.55. The Kier molecular flexibility index (Phi) is 4.29. The highest BCUT2D eigenvalue weighted by Crippen LogP contribution is 2.26. The maximum atomic E-state index is 13.8. The first kappa shape index (κ1) is 14.4. The van der Waals surface area contributed by atoms with Crippen LogP contribution in [0, 0.1) is 15.9 Å². The lowest BCUT2D eigenvalue weighted by Gasteiger charge is -2.32. The van der Waals surface area contributed by atoms with Crippen molar-refractivity contribution < 1.29 is 19.2 Å². The smallest absolute Gasteiger partial charge is 0.320 e. The minimum Gasteiger partial charge on any atom is -0.480 e. The quantitative estimate of drug-likeness (QED) is 0.676. The van der Waals surface area contributed by atoms with Gasteiger partial charge in [0.15, 0.2) is 0 Å². The maximum Gasteiger partial charge on any atom is 0.320 e. The summed E-state index contributed by atoms with van der Waals surface area (Å²) in [6, 6.07) is 2.96. The number of piperidine rings is 1. The monoisotopic (exact) mass is 282 g/mol. The van der Waals surface area contributed by atoms with Gasteiger partial charge in [0.1, 0.15) is 11.9 Å². The molecule has 0 spiro atoms. The highest BCUT2D eigenvalue weighted by Gasteiger charge is 2.31. The molecule has 1 fully saturated rings. The summed E-state index contributed by atoms with van der Waals surface area (Å²) in [5, 5.41) is 20.1. The molecule has 1 aliphatic heterocycles. The van der Waals surface area contributed by atoms with Crippen LogP contribution in [0.3, 0.4) is 0 Å². The number of hydrogen-bond donors (Lipinski definition) is 1. The van der Waals surface area contributed by atoms with E-state index in [4.69, 9.17) is 5.11 Å². The molecule has 108 valence electrons. The molecule has 1 heterocycles. The number of hydrogen-bond acceptors (Lipinski definition) is 4. The predicted octanol–water partition coefficient (Wildman–Crippen LogP) is 2.17. The summed E-state index contributed by atoms with van der Waals surface area (Å²) in [6.07, 6.45) is 2.09. The molecule has 1 atom stereocenters. The fraction of sp³-hybridized carbons (Fsp3) is 0.462. The molecule has 0 radical (unpaired) electrons. The highest BCUT2D eigenvalue weighted by atomic mass is 19.1. The van der Waals surface area contributed by atoms with Gasteiger partial charge in [-0.1, -0.05) is 12.5 Å². The second-order valence-corrected chi connectivity index (χ2v) is 4.81. The number of likely N-dealkylation sites (tertiary alicyclic amines) is 1. The molecule has 0 aliphatic carbocycles. The molecule has 1 saturated heterocycles. The molecule has 1 aromatic carbocycles. The normalized spacial score (nSPS) is 19.8. The first-order valence-corrected chi connectivity index (χ1v) is 6.39. The molecule has 6 nitrogen and oxygen atoms in total. The van der Waals surface area contributed by atoms with Gasteiger partial charge in [0, 0.05) is 12.6 Å². The van der Waals surface area contributed by atoms with Crippen LogP contribution in [-0.2, 0) is 11.3 Å². The van der Waals surface area contributed by atoms with Crippen LogP contribution in [0.4, 0.5) is 10.1 Å². The van der Waals surface area contributed by atoms with Gasteiger partial charge in [-0.15, -0.1) is 0 Å². The Morgan fingerprint density at radius 2 is 2.25 bits per heavy atom. The first-order valence-electron chi connectivity index (χ1n) is 6.39. The lowest BCUT2D eigenvalue weighted by molar-refractivity contribution is -0.386. The number of rotatable bonds is 4. The van der Waals surface area contributed by atoms with E-state index in [0.29, 0.717) is 13.0 Å². The van der Waals surface area contributed by atoms with Gasteiger partial charge in [-0.05, 0) is 25.5 Å². The Labute approximate surface area is 115 Å². The second-order valence-electron chi connectivity index (χ2n) is 4.81. The summed E-state index contributed by atoms with van der Waals surface area (Å²) < 4.78 is 13.8. The highest BCUT2D eigenvalue weighted by molar-refractivity contribution is 5.73. The van der Waals surface area contributed by atoms with E-state index in [1.807, 2.05) is 0 Å². The number of benzene rings is 1. The van der Waals surface area contributed by atoms with E-state index < -0.39 is 22.8 Å². The number of nitro groups is 1. The van der Waals surface area contributed by atoms with Crippen molar-refractivity contribution in [3.05, 3.63) is 39.7 Å². The fourth-order valence-corrected chi connectivity index (χ4v) is 2.54. The molecule has 1 aliphatic rings. The molecule has 7 heteroatoms. The second kappa shape index (κ2) is 5.96. The lowest BCUT2D eigenvalue weighted by atomic mass is 10.0. The fourth-order valence-electron chi connectivity index (χ4n) is 2.54. The zero-order valence-electron chi connectivity index (χ0n) is 10.8. The maximum absolute atomic E-state index is 13.8. The molecule has 1 aromatic rings. The topological polar surface area (TPSA) is 83.7 Å². The summed E-state index contributed by atoms with van der Waals surface area (Å²) in [6.45, 7) is 0.447. The van der Waals surface area contributed by atoms with Crippen LogP contribution >= 0.6 is 0 Å². The summed E-state index contributed by atoms with van der Waals surface area (Å²) >= 11 is 0. The number of halogens is 1. The number of carboxylic acid groups (broad SMARTS) is 1. The van der Waals surface area contributed by atoms with Crippen molar-refractivity contribution in [2.75, 3.05) is 6.54 Å². The summed E-state index contributed by atoms with van der Waals surface area (Å²) in [5.74, 6) is -1.64. The third-order valence-corrected chi connectivity index (χ3v) is 3.55. The van der Waals surface area contributed by atoms with Crippen LogP contribution < -0.4 is 0 Å². The van der Waals surface area contributed by atoms with Gasteiger partial charge in [0.05, 0.1) is 10.5 Å². The van der Waals surface area contributed by atoms with E-state index >= 15 is 0 Å². The van der Waals surface area contributed by atoms with Crippen LogP contribution in [0.25, 0.3) is 0 Å². The van der Waals surface area contributed by atoms with Crippen LogP contribution in [0.2, 0.25) is 0 Å². The Morgan fingerprint density at radius 3 is 2.90 bits per heavy atom. The average Bonchev–Trinajstić information content (AvgIpc) is 2.41. The zero-order chi connectivity index (χ0) is 14.7. The average molecular weight is 282 g/mol. The van der Waals surface area contributed by atoms with Crippen LogP contribution in [0.5, 0.6) is 0 Å². The van der Waals surface area contributed by atoms with Gasteiger partial charge in [-0.2, -0.15) is 0 Å². The van der Waals surface area contributed by atoms with E-state index in [1.54, 1.807) is 4.90 Å². The van der Waals surface area contributed by atoms with Crippen molar-refractivity contribution in [2.45, 2.75) is 31.8 Å². The van der Waals surface area contributed by atoms with Gasteiger partial charge in [-0.25, -0.2) is 4.39 Å². The SMILES string of the molecule is O=C(O)[C@@H]1CCCCN1Cc1c(F)cccc1[N+](=O)[O-]. The summed E-state index contributed by atoms with van der Waals surface area (Å²) in [7, 11) is 0. The van der Waals surface area contributed by atoms with Crippen LogP contribution in [0.1, 0.15) is 24.8 Å². The van der Waals surface area contributed by atoms with Gasteiger partial charge in [0.25, 0.3) is 5.69 Å². The summed E-state index contributed by atoms with van der Waals surface area (Å²) in [4.78, 5) is 23.1. The van der Waals surface area contributed by atoms with Crippen LogP contribution in [-0.4, -0.2) is 33.5 Å². The van der Waals surface area contributed by atoms with E-state index in [0.717, 1.165) is 18.9 Å². The van der Waals surface area contributed by atoms with Gasteiger partial charge >= 0.3 is 5.97 Å². The molecular formula is C13H15FN2O4. The largest absolute Gasteiger partial charge is 0.480 e. The Balaban J connectivity index is 2.28. The van der Waals surface area contributed by atoms with Gasteiger partial charge in [0.2, 0.25) is 0 Å². The summed E-state index contributed by atoms with van der Waals surface area (Å²) in [5.41, 5.74) is -0.356. The van der Waals surface area contributed by atoms with Crippen molar-refractivity contribution in [1.82, 2.24) is 4.90 Å². The number of nitro benzene ring substituents is 1. The van der Waals surface area contributed by atoms with Gasteiger partial charge < -0.3 is 5.11 Å². The Morgan fingerprint density at radius 1 is 1.50 bits per heavy atom. The Hall–Kier alpha value is -2.02. The minimum atomic E-state index is -0.969. The van der Waals surface area contributed by atoms with Crippen molar-refractivity contribution in [3.63, 3.8) is 0 Å². The van der Waals surface area contributed by atoms with Crippen LogP contribution in [0.15, 0.2) is 18.2 Å². The van der Waals surface area contributed by atoms with E-state index in [9.17, 15) is 19.3 Å². The zero-order valence-corrected chi connectivity index (χ0v) is 10.8. The molecule has 0 unspecified atom stereocenters. The molecule has 2 rings (SSSR count).